The van der Waals surface area contributed by atoms with Crippen molar-refractivity contribution in [3.05, 3.63) is 36.2 Å². The van der Waals surface area contributed by atoms with Crippen molar-refractivity contribution in [3.8, 4) is 11.5 Å². The van der Waals surface area contributed by atoms with Crippen LogP contribution in [0.25, 0.3) is 11.5 Å². The molecule has 0 fully saturated rings. The van der Waals surface area contributed by atoms with E-state index in [2.05, 4.69) is 4.98 Å². The van der Waals surface area contributed by atoms with E-state index >= 15 is 0 Å². The zero-order chi connectivity index (χ0) is 10.8. The normalized spacial score (nSPS) is 10.1. The van der Waals surface area contributed by atoms with Gasteiger partial charge in [0.05, 0.1) is 11.8 Å². The number of hydrogen-bond acceptors (Lipinski definition) is 4. The number of aromatic carboxylic acids is 1. The molecule has 1 aromatic carbocycles. The summed E-state index contributed by atoms with van der Waals surface area (Å²) < 4.78 is 5.05. The van der Waals surface area contributed by atoms with E-state index in [4.69, 9.17) is 15.3 Å². The highest BCUT2D eigenvalue weighted by Gasteiger charge is 2.09. The SMILES string of the molecule is Nc1cc(C(=O)O)cc(-c2ncco2)c1. The first-order chi connectivity index (χ1) is 7.16. The van der Waals surface area contributed by atoms with Gasteiger partial charge in [-0.3, -0.25) is 0 Å². The Hall–Kier alpha value is -2.30. The highest BCUT2D eigenvalue weighted by molar-refractivity contribution is 5.90. The number of nitrogens with zero attached hydrogens (tertiary/aromatic N) is 1. The lowest BCUT2D eigenvalue weighted by atomic mass is 10.1. The smallest absolute Gasteiger partial charge is 0.335 e. The maximum absolute atomic E-state index is 10.8. The molecule has 1 aromatic heterocycles. The van der Waals surface area contributed by atoms with E-state index in [0.717, 1.165) is 0 Å². The number of carbonyl (C=O) groups is 1. The Bertz CT molecular complexity index is 491. The topological polar surface area (TPSA) is 89.4 Å². The van der Waals surface area contributed by atoms with Crippen molar-refractivity contribution in [2.24, 2.45) is 0 Å². The number of carboxylic acids is 1. The Morgan fingerprint density at radius 3 is 2.80 bits per heavy atom. The predicted octanol–water partition coefficient (Wildman–Crippen LogP) is 1.62. The van der Waals surface area contributed by atoms with Gasteiger partial charge in [0.1, 0.15) is 6.26 Å². The molecule has 76 valence electrons. The summed E-state index contributed by atoms with van der Waals surface area (Å²) in [7, 11) is 0. The highest BCUT2D eigenvalue weighted by atomic mass is 16.4. The van der Waals surface area contributed by atoms with Gasteiger partial charge in [-0.25, -0.2) is 9.78 Å². The van der Waals surface area contributed by atoms with E-state index < -0.39 is 5.97 Å². The Kier molecular flexibility index (Phi) is 2.13. The van der Waals surface area contributed by atoms with Crippen LogP contribution in [0.3, 0.4) is 0 Å². The third-order valence-corrected chi connectivity index (χ3v) is 1.88. The molecule has 0 bridgehead atoms. The summed E-state index contributed by atoms with van der Waals surface area (Å²) in [5.41, 5.74) is 6.60. The van der Waals surface area contributed by atoms with Crippen LogP contribution in [0.1, 0.15) is 10.4 Å². The molecule has 0 atom stereocenters. The van der Waals surface area contributed by atoms with E-state index in [9.17, 15) is 4.79 Å². The second-order valence-electron chi connectivity index (χ2n) is 2.99. The zero-order valence-corrected chi connectivity index (χ0v) is 7.68. The standard InChI is InChI=1S/C10H8N2O3/c11-8-4-6(9-12-1-2-15-9)3-7(5-8)10(13)14/h1-5H,11H2,(H,13,14). The molecule has 3 N–H and O–H groups in total. The summed E-state index contributed by atoms with van der Waals surface area (Å²) in [6.45, 7) is 0. The third kappa shape index (κ3) is 1.80. The minimum Gasteiger partial charge on any atom is -0.478 e. The Labute approximate surface area is 85.2 Å². The fraction of sp³-hybridized carbons (Fsp3) is 0. The summed E-state index contributed by atoms with van der Waals surface area (Å²) in [6, 6.07) is 4.46. The van der Waals surface area contributed by atoms with Gasteiger partial charge in [0.2, 0.25) is 5.89 Å². The quantitative estimate of drug-likeness (QED) is 0.725. The van der Waals surface area contributed by atoms with E-state index in [1.54, 1.807) is 6.07 Å². The van der Waals surface area contributed by atoms with Crippen molar-refractivity contribution in [1.29, 1.82) is 0 Å². The molecule has 5 nitrogen and oxygen atoms in total. The van der Waals surface area contributed by atoms with E-state index in [1.807, 2.05) is 0 Å². The lowest BCUT2D eigenvalue weighted by Gasteiger charge is -2.01. The number of carboxylic acid groups (broad SMARTS) is 1. The molecule has 15 heavy (non-hydrogen) atoms. The van der Waals surface area contributed by atoms with Crippen LogP contribution in [0, 0.1) is 0 Å². The first kappa shape index (κ1) is 9.26. The molecule has 0 unspecified atom stereocenters. The van der Waals surface area contributed by atoms with Crippen LogP contribution in [-0.4, -0.2) is 16.1 Å². The fourth-order valence-electron chi connectivity index (χ4n) is 1.26. The summed E-state index contributed by atoms with van der Waals surface area (Å²) in [4.78, 5) is 14.7. The zero-order valence-electron chi connectivity index (χ0n) is 7.68. The molecular formula is C10H8N2O3. The van der Waals surface area contributed by atoms with Crippen molar-refractivity contribution in [2.45, 2.75) is 0 Å². The second-order valence-corrected chi connectivity index (χ2v) is 2.99. The molecule has 0 saturated carbocycles. The average molecular weight is 204 g/mol. The Balaban J connectivity index is 2.54. The monoisotopic (exact) mass is 204 g/mol. The van der Waals surface area contributed by atoms with Gasteiger partial charge in [0.25, 0.3) is 0 Å². The second kappa shape index (κ2) is 3.45. The van der Waals surface area contributed by atoms with Crippen molar-refractivity contribution < 1.29 is 14.3 Å². The Morgan fingerprint density at radius 2 is 2.20 bits per heavy atom. The Morgan fingerprint density at radius 1 is 1.40 bits per heavy atom. The lowest BCUT2D eigenvalue weighted by molar-refractivity contribution is 0.0697. The molecule has 0 aliphatic heterocycles. The average Bonchev–Trinajstić information content (AvgIpc) is 2.69. The highest BCUT2D eigenvalue weighted by Crippen LogP contribution is 2.21. The maximum Gasteiger partial charge on any atom is 0.335 e. The van der Waals surface area contributed by atoms with Crippen LogP contribution < -0.4 is 5.73 Å². The van der Waals surface area contributed by atoms with Crippen molar-refractivity contribution in [2.75, 3.05) is 5.73 Å². The van der Waals surface area contributed by atoms with E-state index in [1.165, 1.54) is 24.6 Å². The van der Waals surface area contributed by atoms with Gasteiger partial charge in [-0.2, -0.15) is 0 Å². The minimum atomic E-state index is -1.03. The number of benzene rings is 1. The van der Waals surface area contributed by atoms with Gasteiger partial charge in [-0.05, 0) is 18.2 Å². The number of oxazole rings is 1. The van der Waals surface area contributed by atoms with Crippen LogP contribution in [0.4, 0.5) is 5.69 Å². The minimum absolute atomic E-state index is 0.114. The molecule has 0 amide bonds. The molecule has 0 spiro atoms. The predicted molar refractivity (Wildman–Crippen MR) is 53.3 cm³/mol. The van der Waals surface area contributed by atoms with Gasteiger partial charge in [0, 0.05) is 11.3 Å². The number of anilines is 1. The number of hydrogen-bond donors (Lipinski definition) is 2. The van der Waals surface area contributed by atoms with Crippen LogP contribution in [-0.2, 0) is 0 Å². The van der Waals surface area contributed by atoms with Crippen LogP contribution in [0.15, 0.2) is 35.1 Å². The molecule has 0 saturated heterocycles. The fourth-order valence-corrected chi connectivity index (χ4v) is 1.26. The molecule has 5 heteroatoms. The first-order valence-corrected chi connectivity index (χ1v) is 4.20. The number of nitrogens with two attached hydrogens (primary N) is 1. The van der Waals surface area contributed by atoms with Gasteiger partial charge >= 0.3 is 5.97 Å². The summed E-state index contributed by atoms with van der Waals surface area (Å²) in [6.07, 6.45) is 2.90. The molecule has 2 rings (SSSR count). The molecule has 2 aromatic rings. The molecule has 0 aliphatic carbocycles. The molecule has 0 aliphatic rings. The molecule has 1 heterocycles. The van der Waals surface area contributed by atoms with Crippen LogP contribution >= 0.6 is 0 Å². The number of aromatic nitrogens is 1. The largest absolute Gasteiger partial charge is 0.478 e. The van der Waals surface area contributed by atoms with Crippen LogP contribution in [0.2, 0.25) is 0 Å². The van der Waals surface area contributed by atoms with E-state index in [0.29, 0.717) is 17.1 Å². The van der Waals surface area contributed by atoms with Crippen LogP contribution in [0.5, 0.6) is 0 Å². The lowest BCUT2D eigenvalue weighted by Crippen LogP contribution is -1.98. The summed E-state index contributed by atoms with van der Waals surface area (Å²) in [5, 5.41) is 8.82. The first-order valence-electron chi connectivity index (χ1n) is 4.20. The number of rotatable bonds is 2. The third-order valence-electron chi connectivity index (χ3n) is 1.88. The van der Waals surface area contributed by atoms with Gasteiger partial charge < -0.3 is 15.3 Å². The molecular weight excluding hydrogens is 196 g/mol. The van der Waals surface area contributed by atoms with Gasteiger partial charge in [-0.15, -0.1) is 0 Å². The van der Waals surface area contributed by atoms with Crippen molar-refractivity contribution in [1.82, 2.24) is 4.98 Å². The maximum atomic E-state index is 10.8. The van der Waals surface area contributed by atoms with Crippen molar-refractivity contribution >= 4 is 11.7 Å². The van der Waals surface area contributed by atoms with Crippen molar-refractivity contribution in [3.63, 3.8) is 0 Å². The van der Waals surface area contributed by atoms with E-state index in [-0.39, 0.29) is 5.56 Å². The van der Waals surface area contributed by atoms with Gasteiger partial charge in [-0.1, -0.05) is 0 Å². The summed E-state index contributed by atoms with van der Waals surface area (Å²) >= 11 is 0. The summed E-state index contributed by atoms with van der Waals surface area (Å²) in [5.74, 6) is -0.681. The van der Waals surface area contributed by atoms with Gasteiger partial charge in [0.15, 0.2) is 0 Å². The number of nitrogen functional groups attached to an aromatic ring is 1. The molecule has 0 radical (unpaired) electrons.